The topological polar surface area (TPSA) is 83.8 Å². The molecule has 4 aromatic rings. The van der Waals surface area contributed by atoms with Gasteiger partial charge in [0.2, 0.25) is 15.9 Å². The van der Waals surface area contributed by atoms with E-state index in [4.69, 9.17) is 0 Å². The van der Waals surface area contributed by atoms with Gasteiger partial charge in [0.05, 0.1) is 17.0 Å². The molecule has 32 heavy (non-hydrogen) atoms. The molecule has 0 unspecified atom stereocenters. The number of sulfonamides is 1. The maximum Gasteiger partial charge on any atom is 0.242 e. The minimum atomic E-state index is -3.61. The molecular weight excluding hydrogens is 451 g/mol. The van der Waals surface area contributed by atoms with Crippen molar-refractivity contribution >= 4 is 37.9 Å². The summed E-state index contributed by atoms with van der Waals surface area (Å²) in [5, 5.41) is 4.67. The number of amides is 1. The number of halogens is 1. The van der Waals surface area contributed by atoms with E-state index >= 15 is 0 Å². The summed E-state index contributed by atoms with van der Waals surface area (Å²) in [4.78, 5) is 18.1. The van der Waals surface area contributed by atoms with Crippen LogP contribution in [0.5, 0.6) is 0 Å². The summed E-state index contributed by atoms with van der Waals surface area (Å²) in [6, 6.07) is 10.7. The van der Waals surface area contributed by atoms with Crippen molar-refractivity contribution in [1.82, 2.24) is 13.7 Å². The summed E-state index contributed by atoms with van der Waals surface area (Å²) in [6.07, 6.45) is 1.90. The molecule has 0 atom stereocenters. The molecule has 10 heteroatoms. The second-order valence-electron chi connectivity index (χ2n) is 7.50. The minimum absolute atomic E-state index is 0.0866. The predicted octanol–water partition coefficient (Wildman–Crippen LogP) is 3.94. The second-order valence-corrected chi connectivity index (χ2v) is 10.5. The van der Waals surface area contributed by atoms with Crippen LogP contribution in [0.1, 0.15) is 11.3 Å². The zero-order chi connectivity index (χ0) is 23.0. The molecule has 1 amide bonds. The summed E-state index contributed by atoms with van der Waals surface area (Å²) in [5.74, 6) is -0.589. The number of aromatic nitrogens is 2. The summed E-state index contributed by atoms with van der Waals surface area (Å²) in [5.41, 5.74) is 3.43. The van der Waals surface area contributed by atoms with E-state index < -0.39 is 10.0 Å². The Morgan fingerprint density at radius 2 is 1.91 bits per heavy atom. The van der Waals surface area contributed by atoms with Crippen LogP contribution in [0.15, 0.2) is 58.9 Å². The van der Waals surface area contributed by atoms with E-state index in [0.717, 1.165) is 26.1 Å². The van der Waals surface area contributed by atoms with E-state index in [1.165, 1.54) is 49.7 Å². The van der Waals surface area contributed by atoms with Gasteiger partial charge in [-0.15, -0.1) is 11.3 Å². The van der Waals surface area contributed by atoms with Crippen molar-refractivity contribution in [3.63, 3.8) is 0 Å². The first-order chi connectivity index (χ1) is 15.1. The molecule has 166 valence electrons. The molecule has 0 aliphatic carbocycles. The maximum atomic E-state index is 13.2. The van der Waals surface area contributed by atoms with Crippen molar-refractivity contribution in [2.24, 2.45) is 0 Å². The highest BCUT2D eigenvalue weighted by Crippen LogP contribution is 2.25. The van der Waals surface area contributed by atoms with Gasteiger partial charge < -0.3 is 5.32 Å². The quantitative estimate of drug-likeness (QED) is 0.461. The lowest BCUT2D eigenvalue weighted by Crippen LogP contribution is -2.22. The van der Waals surface area contributed by atoms with Gasteiger partial charge in [0.25, 0.3) is 0 Å². The first-order valence-corrected chi connectivity index (χ1v) is 12.0. The van der Waals surface area contributed by atoms with Crippen LogP contribution >= 0.6 is 11.3 Å². The van der Waals surface area contributed by atoms with Gasteiger partial charge in [0.1, 0.15) is 5.82 Å². The van der Waals surface area contributed by atoms with Crippen LogP contribution in [0, 0.1) is 12.7 Å². The van der Waals surface area contributed by atoms with Crippen LogP contribution in [0.4, 0.5) is 10.1 Å². The summed E-state index contributed by atoms with van der Waals surface area (Å²) in [6.45, 7) is 1.80. The van der Waals surface area contributed by atoms with Crippen molar-refractivity contribution in [3.05, 3.63) is 71.1 Å². The van der Waals surface area contributed by atoms with Crippen LogP contribution in [-0.2, 0) is 21.2 Å². The number of carbonyl (C=O) groups is 1. The van der Waals surface area contributed by atoms with E-state index in [9.17, 15) is 17.6 Å². The van der Waals surface area contributed by atoms with Crippen molar-refractivity contribution < 1.29 is 17.6 Å². The first kappa shape index (κ1) is 22.1. The normalized spacial score (nSPS) is 11.9. The SMILES string of the molecule is Cc1ccc(S(=O)(=O)N(C)C)cc1NC(=O)Cc1csc2nc(-c3ccc(F)cc3)cn12. The van der Waals surface area contributed by atoms with Gasteiger partial charge >= 0.3 is 0 Å². The molecule has 0 fully saturated rings. The van der Waals surface area contributed by atoms with Gasteiger partial charge in [0.15, 0.2) is 4.96 Å². The van der Waals surface area contributed by atoms with Crippen molar-refractivity contribution in [2.45, 2.75) is 18.2 Å². The van der Waals surface area contributed by atoms with Crippen molar-refractivity contribution in [1.29, 1.82) is 0 Å². The Labute approximate surface area is 189 Å². The molecule has 0 radical (unpaired) electrons. The van der Waals surface area contributed by atoms with Crippen molar-refractivity contribution in [2.75, 3.05) is 19.4 Å². The van der Waals surface area contributed by atoms with Gasteiger partial charge in [0, 0.05) is 42.6 Å². The highest BCUT2D eigenvalue weighted by Gasteiger charge is 2.19. The number of benzene rings is 2. The van der Waals surface area contributed by atoms with E-state index in [1.54, 1.807) is 25.1 Å². The van der Waals surface area contributed by atoms with Gasteiger partial charge in [-0.1, -0.05) is 6.07 Å². The molecule has 0 bridgehead atoms. The molecule has 2 heterocycles. The highest BCUT2D eigenvalue weighted by atomic mass is 32.2. The van der Waals surface area contributed by atoms with Gasteiger partial charge in [-0.3, -0.25) is 9.20 Å². The highest BCUT2D eigenvalue weighted by molar-refractivity contribution is 7.89. The Morgan fingerprint density at radius 3 is 2.59 bits per heavy atom. The monoisotopic (exact) mass is 472 g/mol. The fraction of sp³-hybridized carbons (Fsp3) is 0.182. The molecule has 4 rings (SSSR count). The zero-order valence-electron chi connectivity index (χ0n) is 17.7. The number of hydrogen-bond donors (Lipinski definition) is 1. The lowest BCUT2D eigenvalue weighted by molar-refractivity contribution is -0.115. The van der Waals surface area contributed by atoms with Crippen LogP contribution in [0.3, 0.4) is 0 Å². The predicted molar refractivity (Wildman–Crippen MR) is 123 cm³/mol. The third-order valence-corrected chi connectivity index (χ3v) is 7.73. The number of hydrogen-bond acceptors (Lipinski definition) is 5. The van der Waals surface area contributed by atoms with E-state index in [0.29, 0.717) is 11.4 Å². The first-order valence-electron chi connectivity index (χ1n) is 9.69. The molecule has 0 spiro atoms. The Balaban J connectivity index is 1.55. The maximum absolute atomic E-state index is 13.2. The lowest BCUT2D eigenvalue weighted by atomic mass is 10.2. The Kier molecular flexibility index (Phi) is 5.85. The average molecular weight is 473 g/mol. The smallest absolute Gasteiger partial charge is 0.242 e. The molecule has 2 aromatic carbocycles. The third kappa shape index (κ3) is 4.29. The summed E-state index contributed by atoms with van der Waals surface area (Å²) >= 11 is 1.41. The third-order valence-electron chi connectivity index (χ3n) is 5.03. The summed E-state index contributed by atoms with van der Waals surface area (Å²) in [7, 11) is -0.691. The van der Waals surface area contributed by atoms with Gasteiger partial charge in [-0.25, -0.2) is 22.1 Å². The number of rotatable bonds is 6. The lowest BCUT2D eigenvalue weighted by Gasteiger charge is -2.14. The standard InChI is InChI=1S/C22H21FN4O3S2/c1-14-4-9-18(32(29,30)26(2)3)11-19(14)24-21(28)10-17-13-31-22-25-20(12-27(17)22)15-5-7-16(23)8-6-15/h4-9,11-13H,10H2,1-3H3,(H,24,28). The van der Waals surface area contributed by atoms with E-state index in [2.05, 4.69) is 10.3 Å². The van der Waals surface area contributed by atoms with E-state index in [-0.39, 0.29) is 23.0 Å². The number of thiazole rings is 1. The Hall–Kier alpha value is -3.08. The number of imidazole rings is 1. The Bertz CT molecular complexity index is 1410. The number of carbonyl (C=O) groups excluding carboxylic acids is 1. The molecule has 0 saturated heterocycles. The van der Waals surface area contributed by atoms with Gasteiger partial charge in [-0.2, -0.15) is 0 Å². The van der Waals surface area contributed by atoms with E-state index in [1.807, 2.05) is 16.0 Å². The number of aryl methyl sites for hydroxylation is 1. The molecule has 0 aliphatic heterocycles. The number of nitrogens with zero attached hydrogens (tertiary/aromatic N) is 3. The Morgan fingerprint density at radius 1 is 1.19 bits per heavy atom. The van der Waals surface area contributed by atoms with Crippen LogP contribution < -0.4 is 5.32 Å². The van der Waals surface area contributed by atoms with Crippen LogP contribution in [0.2, 0.25) is 0 Å². The molecular formula is C22H21FN4O3S2. The second kappa shape index (κ2) is 8.45. The largest absolute Gasteiger partial charge is 0.325 e. The summed E-state index contributed by atoms with van der Waals surface area (Å²) < 4.78 is 41.0. The number of fused-ring (bicyclic) bond motifs is 1. The van der Waals surface area contributed by atoms with Crippen LogP contribution in [-0.4, -0.2) is 42.1 Å². The average Bonchev–Trinajstić information content (AvgIpc) is 3.32. The van der Waals surface area contributed by atoms with Gasteiger partial charge in [-0.05, 0) is 48.9 Å². The fourth-order valence-electron chi connectivity index (χ4n) is 3.18. The molecule has 0 saturated carbocycles. The molecule has 7 nitrogen and oxygen atoms in total. The molecule has 1 N–H and O–H groups in total. The number of anilines is 1. The van der Waals surface area contributed by atoms with Crippen LogP contribution in [0.25, 0.3) is 16.2 Å². The van der Waals surface area contributed by atoms with Crippen molar-refractivity contribution in [3.8, 4) is 11.3 Å². The molecule has 2 aromatic heterocycles. The fourth-order valence-corrected chi connectivity index (χ4v) is 4.98. The number of nitrogens with one attached hydrogen (secondary N) is 1. The minimum Gasteiger partial charge on any atom is -0.325 e. The zero-order valence-corrected chi connectivity index (χ0v) is 19.3. The molecule has 0 aliphatic rings.